The predicted octanol–water partition coefficient (Wildman–Crippen LogP) is 2.63. The largest absolute Gasteiger partial charge is 0.481 e. The maximum Gasteiger partial charge on any atom is 0.265 e. The maximum absolute atomic E-state index is 12.6. The van der Waals surface area contributed by atoms with Gasteiger partial charge in [-0.15, -0.1) is 0 Å². The van der Waals surface area contributed by atoms with Gasteiger partial charge in [0.1, 0.15) is 5.75 Å². The van der Waals surface area contributed by atoms with Gasteiger partial charge in [0.2, 0.25) is 10.0 Å². The maximum atomic E-state index is 12.6. The molecule has 0 saturated heterocycles. The van der Waals surface area contributed by atoms with Crippen molar-refractivity contribution in [1.82, 2.24) is 5.32 Å². The van der Waals surface area contributed by atoms with Crippen LogP contribution in [-0.4, -0.2) is 45.7 Å². The van der Waals surface area contributed by atoms with E-state index < -0.39 is 22.0 Å². The lowest BCUT2D eigenvalue weighted by Crippen LogP contribution is -2.33. The van der Waals surface area contributed by atoms with Gasteiger partial charge in [0.15, 0.2) is 6.10 Å². The topological polar surface area (TPSA) is 105 Å². The van der Waals surface area contributed by atoms with Crippen LogP contribution in [0.5, 0.6) is 5.75 Å². The fourth-order valence-electron chi connectivity index (χ4n) is 2.55. The fraction of sp³-hybridized carbons (Fsp3) is 0.333. The molecule has 2 N–H and O–H groups in total. The molecule has 0 bridgehead atoms. The lowest BCUT2D eigenvalue weighted by atomic mass is 10.1. The van der Waals surface area contributed by atoms with Crippen molar-refractivity contribution in [3.8, 4) is 5.75 Å². The smallest absolute Gasteiger partial charge is 0.265 e. The number of carbonyl (C=O) groups excluding carboxylic acids is 2. The first kappa shape index (κ1) is 23.2. The summed E-state index contributed by atoms with van der Waals surface area (Å²) in [5, 5.41) is 5.52. The predicted molar refractivity (Wildman–Crippen MR) is 117 cm³/mol. The molecule has 0 heterocycles. The molecule has 0 aromatic heterocycles. The van der Waals surface area contributed by atoms with Gasteiger partial charge in [0.05, 0.1) is 23.2 Å². The van der Waals surface area contributed by atoms with Crippen molar-refractivity contribution in [2.75, 3.05) is 22.9 Å². The Hall–Kier alpha value is -3.07. The van der Waals surface area contributed by atoms with Crippen LogP contribution in [0, 0.1) is 0 Å². The van der Waals surface area contributed by atoms with E-state index in [1.807, 2.05) is 13.8 Å². The number of amides is 2. The van der Waals surface area contributed by atoms with Crippen LogP contribution in [0.3, 0.4) is 0 Å². The summed E-state index contributed by atoms with van der Waals surface area (Å²) in [5.74, 6) is -0.286. The number of sulfonamides is 1. The summed E-state index contributed by atoms with van der Waals surface area (Å²) in [5.41, 5.74) is 1.23. The zero-order chi connectivity index (χ0) is 22.5. The summed E-state index contributed by atoms with van der Waals surface area (Å²) in [6.45, 7) is 5.30. The first-order valence-electron chi connectivity index (χ1n) is 9.40. The van der Waals surface area contributed by atoms with Gasteiger partial charge in [-0.2, -0.15) is 0 Å². The lowest BCUT2D eigenvalue weighted by Gasteiger charge is -2.19. The number of anilines is 2. The molecule has 2 rings (SSSR count). The van der Waals surface area contributed by atoms with Gasteiger partial charge in [-0.05, 0) is 57.2 Å². The molecule has 0 unspecified atom stereocenters. The normalized spacial score (nSPS) is 12.2. The number of nitrogens with zero attached hydrogens (tertiary/aromatic N) is 1. The highest BCUT2D eigenvalue weighted by atomic mass is 32.2. The molecular weight excluding hydrogens is 406 g/mol. The Morgan fingerprint density at radius 3 is 2.17 bits per heavy atom. The van der Waals surface area contributed by atoms with Gasteiger partial charge in [0.25, 0.3) is 11.8 Å². The monoisotopic (exact) mass is 433 g/mol. The number of hydrogen-bond acceptors (Lipinski definition) is 5. The van der Waals surface area contributed by atoms with Crippen LogP contribution >= 0.6 is 0 Å². The van der Waals surface area contributed by atoms with E-state index in [0.717, 1.165) is 10.6 Å². The first-order valence-corrected chi connectivity index (χ1v) is 11.2. The van der Waals surface area contributed by atoms with E-state index in [1.54, 1.807) is 55.5 Å². The summed E-state index contributed by atoms with van der Waals surface area (Å²) in [7, 11) is -1.91. The van der Waals surface area contributed by atoms with Crippen LogP contribution in [0.4, 0.5) is 11.4 Å². The van der Waals surface area contributed by atoms with Crippen LogP contribution in [-0.2, 0) is 14.8 Å². The molecule has 0 spiro atoms. The Labute approximate surface area is 177 Å². The minimum atomic E-state index is -3.36. The van der Waals surface area contributed by atoms with Crippen molar-refractivity contribution >= 4 is 33.2 Å². The lowest BCUT2D eigenvalue weighted by molar-refractivity contribution is -0.122. The first-order chi connectivity index (χ1) is 14.0. The number of carbonyl (C=O) groups is 2. The Morgan fingerprint density at radius 1 is 1.00 bits per heavy atom. The van der Waals surface area contributed by atoms with Gasteiger partial charge in [0, 0.05) is 13.1 Å². The summed E-state index contributed by atoms with van der Waals surface area (Å²) in [4.78, 5) is 24.9. The van der Waals surface area contributed by atoms with Crippen LogP contribution in [0.2, 0.25) is 0 Å². The molecule has 0 saturated carbocycles. The third kappa shape index (κ3) is 6.21. The number of hydrogen-bond donors (Lipinski definition) is 2. The van der Waals surface area contributed by atoms with E-state index in [0.29, 0.717) is 22.7 Å². The zero-order valence-electron chi connectivity index (χ0n) is 17.7. The molecule has 2 aromatic carbocycles. The molecule has 0 fully saturated rings. The summed E-state index contributed by atoms with van der Waals surface area (Å²) in [6.07, 6.45) is 0.271. The average Bonchev–Trinajstić information content (AvgIpc) is 2.67. The molecule has 162 valence electrons. The number of nitrogens with one attached hydrogen (secondary N) is 2. The SMILES string of the molecule is CC(C)NC(=O)c1ccccc1NC(=O)[C@@H](C)Oc1ccc(N(C)S(C)(=O)=O)cc1. The Balaban J connectivity index is 2.06. The van der Waals surface area contributed by atoms with E-state index in [-0.39, 0.29) is 11.9 Å². The number of rotatable bonds is 8. The standard InChI is InChI=1S/C21H27N3O5S/c1-14(2)22-21(26)18-8-6-7-9-19(18)23-20(25)15(3)29-17-12-10-16(11-13-17)24(4)30(5,27)28/h6-15H,1-5H3,(H,22,26)(H,23,25)/t15-/m1/s1. The molecule has 30 heavy (non-hydrogen) atoms. The number of benzene rings is 2. The van der Waals surface area contributed by atoms with Gasteiger partial charge in [-0.1, -0.05) is 12.1 Å². The Morgan fingerprint density at radius 2 is 1.60 bits per heavy atom. The summed E-state index contributed by atoms with van der Waals surface area (Å²) < 4.78 is 30.0. The van der Waals surface area contributed by atoms with Crippen LogP contribution in [0.1, 0.15) is 31.1 Å². The van der Waals surface area contributed by atoms with E-state index in [1.165, 1.54) is 7.05 Å². The van der Waals surface area contributed by atoms with Gasteiger partial charge in [-0.3, -0.25) is 13.9 Å². The second-order valence-electron chi connectivity index (χ2n) is 7.15. The second kappa shape index (κ2) is 9.62. The van der Waals surface area contributed by atoms with Crippen molar-refractivity contribution in [3.63, 3.8) is 0 Å². The number of para-hydroxylation sites is 1. The second-order valence-corrected chi connectivity index (χ2v) is 9.16. The highest BCUT2D eigenvalue weighted by Crippen LogP contribution is 2.22. The van der Waals surface area contributed by atoms with E-state index in [9.17, 15) is 18.0 Å². The average molecular weight is 434 g/mol. The zero-order valence-corrected chi connectivity index (χ0v) is 18.5. The minimum Gasteiger partial charge on any atom is -0.481 e. The highest BCUT2D eigenvalue weighted by Gasteiger charge is 2.19. The van der Waals surface area contributed by atoms with Crippen LogP contribution in [0.25, 0.3) is 0 Å². The Kier molecular flexibility index (Phi) is 7.44. The van der Waals surface area contributed by atoms with E-state index in [4.69, 9.17) is 4.74 Å². The van der Waals surface area contributed by atoms with Gasteiger partial charge >= 0.3 is 0 Å². The fourth-order valence-corrected chi connectivity index (χ4v) is 3.05. The van der Waals surface area contributed by atoms with Crippen LogP contribution in [0.15, 0.2) is 48.5 Å². The van der Waals surface area contributed by atoms with Crippen LogP contribution < -0.4 is 19.7 Å². The third-order valence-electron chi connectivity index (χ3n) is 4.23. The molecular formula is C21H27N3O5S. The highest BCUT2D eigenvalue weighted by molar-refractivity contribution is 7.92. The molecule has 2 amide bonds. The summed E-state index contributed by atoms with van der Waals surface area (Å²) >= 11 is 0. The van der Waals surface area contributed by atoms with E-state index in [2.05, 4.69) is 10.6 Å². The van der Waals surface area contributed by atoms with E-state index >= 15 is 0 Å². The molecule has 2 aromatic rings. The van der Waals surface area contributed by atoms with Crippen molar-refractivity contribution in [2.45, 2.75) is 32.9 Å². The summed E-state index contributed by atoms with van der Waals surface area (Å²) in [6, 6.07) is 13.1. The number of ether oxygens (including phenoxy) is 1. The molecule has 0 aliphatic rings. The Bertz CT molecular complexity index is 1000. The molecule has 0 aliphatic carbocycles. The van der Waals surface area contributed by atoms with Gasteiger partial charge < -0.3 is 15.4 Å². The van der Waals surface area contributed by atoms with Gasteiger partial charge in [-0.25, -0.2) is 8.42 Å². The van der Waals surface area contributed by atoms with Crippen molar-refractivity contribution in [1.29, 1.82) is 0 Å². The molecule has 1 atom stereocenters. The van der Waals surface area contributed by atoms with Crippen molar-refractivity contribution < 1.29 is 22.7 Å². The third-order valence-corrected chi connectivity index (χ3v) is 5.43. The molecule has 0 aliphatic heterocycles. The molecule has 8 nitrogen and oxygen atoms in total. The van der Waals surface area contributed by atoms with Crippen molar-refractivity contribution in [3.05, 3.63) is 54.1 Å². The molecule has 0 radical (unpaired) electrons. The minimum absolute atomic E-state index is 0.0340. The quantitative estimate of drug-likeness (QED) is 0.666. The molecule has 9 heteroatoms. The van der Waals surface area contributed by atoms with Crippen molar-refractivity contribution in [2.24, 2.45) is 0 Å².